The summed E-state index contributed by atoms with van der Waals surface area (Å²) in [5.74, 6) is 0.501. The topological polar surface area (TPSA) is 96.2 Å². The van der Waals surface area contributed by atoms with Gasteiger partial charge >= 0.3 is 5.97 Å². The molecule has 3 saturated carbocycles. The highest BCUT2D eigenvalue weighted by Crippen LogP contribution is 2.74. The average Bonchev–Trinajstić information content (AvgIpc) is 3.41. The molecule has 12 atom stereocenters. The van der Waals surface area contributed by atoms with Crippen LogP contribution in [0.3, 0.4) is 0 Å². The second kappa shape index (κ2) is 6.38. The van der Waals surface area contributed by atoms with Gasteiger partial charge in [0.2, 0.25) is 0 Å². The summed E-state index contributed by atoms with van der Waals surface area (Å²) in [6, 6.07) is 0. The van der Waals surface area contributed by atoms with Gasteiger partial charge in [-0.15, -0.1) is 0 Å². The molecule has 178 valence electrons. The number of ether oxygens (including phenoxy) is 2. The lowest BCUT2D eigenvalue weighted by molar-refractivity contribution is -0.256. The second-order valence-corrected chi connectivity index (χ2v) is 12.7. The molecule has 0 spiro atoms. The summed E-state index contributed by atoms with van der Waals surface area (Å²) in [6.07, 6.45) is 3.68. The van der Waals surface area contributed by atoms with Crippen molar-refractivity contribution in [1.29, 1.82) is 0 Å². The van der Waals surface area contributed by atoms with E-state index in [1.165, 1.54) is 5.57 Å². The van der Waals surface area contributed by atoms with Gasteiger partial charge in [-0.1, -0.05) is 39.3 Å². The van der Waals surface area contributed by atoms with Gasteiger partial charge in [0.15, 0.2) is 0 Å². The third-order valence-electron chi connectivity index (χ3n) is 11.6. The first-order chi connectivity index (χ1) is 15.0. The van der Waals surface area contributed by atoms with Gasteiger partial charge in [-0.3, -0.25) is 4.79 Å². The molecular weight excluding hydrogens is 408 g/mol. The van der Waals surface area contributed by atoms with Crippen molar-refractivity contribution in [1.82, 2.24) is 0 Å². The number of esters is 1. The zero-order valence-electron chi connectivity index (χ0n) is 19.7. The van der Waals surface area contributed by atoms with Crippen LogP contribution in [-0.4, -0.2) is 58.9 Å². The Morgan fingerprint density at radius 2 is 1.84 bits per heavy atom. The lowest BCUT2D eigenvalue weighted by atomic mass is 9.36. The van der Waals surface area contributed by atoms with Gasteiger partial charge in [-0.25, -0.2) is 0 Å². The molecule has 0 amide bonds. The maximum Gasteiger partial charge on any atom is 0.306 e. The number of cyclic esters (lactones) is 1. The van der Waals surface area contributed by atoms with Gasteiger partial charge in [-0.05, 0) is 36.5 Å². The summed E-state index contributed by atoms with van der Waals surface area (Å²) in [6.45, 7) is 9.72. The van der Waals surface area contributed by atoms with Crippen molar-refractivity contribution in [3.05, 3.63) is 11.6 Å². The molecule has 0 aromatic heterocycles. The number of hydrogen-bond donors (Lipinski definition) is 3. The number of hydrogen-bond acceptors (Lipinski definition) is 6. The Morgan fingerprint density at radius 1 is 1.09 bits per heavy atom. The molecule has 6 nitrogen and oxygen atoms in total. The summed E-state index contributed by atoms with van der Waals surface area (Å²) >= 11 is 0. The van der Waals surface area contributed by atoms with Crippen LogP contribution >= 0.6 is 0 Å². The summed E-state index contributed by atoms with van der Waals surface area (Å²) < 4.78 is 11.6. The lowest BCUT2D eigenvalue weighted by Gasteiger charge is -2.69. The molecule has 0 aromatic rings. The zero-order chi connectivity index (χ0) is 22.8. The van der Waals surface area contributed by atoms with E-state index in [4.69, 9.17) is 9.47 Å². The Bertz CT molecular complexity index is 886. The van der Waals surface area contributed by atoms with E-state index in [9.17, 15) is 20.1 Å². The molecule has 5 fully saturated rings. The maximum absolute atomic E-state index is 11.9. The van der Waals surface area contributed by atoms with Crippen LogP contribution in [0.2, 0.25) is 0 Å². The molecule has 3 N–H and O–H groups in total. The van der Waals surface area contributed by atoms with E-state index in [0.29, 0.717) is 32.0 Å². The highest BCUT2D eigenvalue weighted by molar-refractivity contribution is 5.71. The molecular formula is C26H38O6. The van der Waals surface area contributed by atoms with Crippen LogP contribution in [-0.2, 0) is 14.3 Å². The number of carbonyl (C=O) groups is 1. The number of fused-ring (bicyclic) bond motifs is 4. The van der Waals surface area contributed by atoms with Crippen LogP contribution in [0.1, 0.15) is 59.8 Å². The highest BCUT2D eigenvalue weighted by atomic mass is 16.5. The SMILES string of the molecule is CC12CCC3C(C)(C1=CCC2C1COC(=O)C1)C(O)C1OCC2(C)C(O)CC(O)C3(C)C12. The fourth-order valence-corrected chi connectivity index (χ4v) is 10.1. The normalized spacial score (nSPS) is 61.0. The number of carbonyl (C=O) groups excluding carboxylic acids is 1. The standard InChI is InChI=1S/C26H38O6/c1-23-8-7-16-25(3,15(23)6-5-14(23)13-9-19(29)31-11-13)22(30)20-21-24(2,12-32-20)17(27)10-18(28)26(16,21)4/h6,13-14,16-18,20-22,27-28,30H,5,7-12H2,1-4H3. The lowest BCUT2D eigenvalue weighted by Crippen LogP contribution is -2.72. The van der Waals surface area contributed by atoms with Gasteiger partial charge in [0.05, 0.1) is 44.1 Å². The molecule has 2 saturated heterocycles. The van der Waals surface area contributed by atoms with Gasteiger partial charge < -0.3 is 24.8 Å². The summed E-state index contributed by atoms with van der Waals surface area (Å²) in [5, 5.41) is 34.3. The van der Waals surface area contributed by atoms with Crippen molar-refractivity contribution in [3.63, 3.8) is 0 Å². The Kier molecular flexibility index (Phi) is 4.30. The third kappa shape index (κ3) is 2.24. The van der Waals surface area contributed by atoms with Crippen LogP contribution in [0.5, 0.6) is 0 Å². The fraction of sp³-hybridized carbons (Fsp3) is 0.885. The highest BCUT2D eigenvalue weighted by Gasteiger charge is 2.76. The number of rotatable bonds is 1. The Balaban J connectivity index is 1.44. The van der Waals surface area contributed by atoms with Crippen molar-refractivity contribution < 1.29 is 29.6 Å². The molecule has 0 radical (unpaired) electrons. The van der Waals surface area contributed by atoms with E-state index < -0.39 is 40.7 Å². The number of allylic oxidation sites excluding steroid dienone is 1. The molecule has 12 unspecified atom stereocenters. The van der Waals surface area contributed by atoms with Crippen molar-refractivity contribution in [2.75, 3.05) is 13.2 Å². The number of aliphatic hydroxyl groups is 3. The minimum absolute atomic E-state index is 0.0789. The Labute approximate surface area is 190 Å². The van der Waals surface area contributed by atoms with E-state index in [1.807, 2.05) is 0 Å². The van der Waals surface area contributed by atoms with E-state index in [2.05, 4.69) is 33.8 Å². The van der Waals surface area contributed by atoms with E-state index >= 15 is 0 Å². The summed E-state index contributed by atoms with van der Waals surface area (Å²) in [7, 11) is 0. The van der Waals surface area contributed by atoms with Gasteiger partial charge in [0.1, 0.15) is 0 Å². The smallest absolute Gasteiger partial charge is 0.306 e. The average molecular weight is 447 g/mol. The van der Waals surface area contributed by atoms with E-state index in [0.717, 1.165) is 19.3 Å². The molecule has 2 aliphatic heterocycles. The summed E-state index contributed by atoms with van der Waals surface area (Å²) in [5.41, 5.74) is -0.176. The summed E-state index contributed by atoms with van der Waals surface area (Å²) in [4.78, 5) is 11.9. The first-order valence-electron chi connectivity index (χ1n) is 12.5. The molecule has 32 heavy (non-hydrogen) atoms. The zero-order valence-corrected chi connectivity index (χ0v) is 19.7. The first-order valence-corrected chi connectivity index (χ1v) is 12.5. The van der Waals surface area contributed by atoms with Crippen molar-refractivity contribution in [2.24, 2.45) is 45.3 Å². The van der Waals surface area contributed by atoms with Gasteiger partial charge in [-0.2, -0.15) is 0 Å². The monoisotopic (exact) mass is 446 g/mol. The molecule has 4 aliphatic carbocycles. The maximum atomic E-state index is 11.9. The van der Waals surface area contributed by atoms with Crippen LogP contribution in [0.4, 0.5) is 0 Å². The van der Waals surface area contributed by atoms with Crippen LogP contribution < -0.4 is 0 Å². The Morgan fingerprint density at radius 3 is 2.53 bits per heavy atom. The van der Waals surface area contributed by atoms with E-state index in [1.54, 1.807) is 0 Å². The molecule has 0 aromatic carbocycles. The van der Waals surface area contributed by atoms with Crippen LogP contribution in [0.15, 0.2) is 11.6 Å². The first kappa shape index (κ1) is 21.6. The molecule has 6 heteroatoms. The van der Waals surface area contributed by atoms with Crippen molar-refractivity contribution >= 4 is 5.97 Å². The molecule has 2 heterocycles. The molecule has 6 aliphatic rings. The largest absolute Gasteiger partial charge is 0.465 e. The van der Waals surface area contributed by atoms with Crippen LogP contribution in [0, 0.1) is 45.3 Å². The van der Waals surface area contributed by atoms with E-state index in [-0.39, 0.29) is 29.1 Å². The minimum Gasteiger partial charge on any atom is -0.465 e. The quantitative estimate of drug-likeness (QED) is 0.423. The second-order valence-electron chi connectivity index (χ2n) is 12.7. The number of aliphatic hydroxyl groups excluding tert-OH is 3. The van der Waals surface area contributed by atoms with Crippen molar-refractivity contribution in [3.8, 4) is 0 Å². The fourth-order valence-electron chi connectivity index (χ4n) is 10.1. The van der Waals surface area contributed by atoms with Gasteiger partial charge in [0.25, 0.3) is 0 Å². The molecule has 6 rings (SSSR count). The molecule has 0 bridgehead atoms. The van der Waals surface area contributed by atoms with Gasteiger partial charge in [0, 0.05) is 34.5 Å². The minimum atomic E-state index is -0.684. The van der Waals surface area contributed by atoms with Crippen molar-refractivity contribution in [2.45, 2.75) is 84.2 Å². The third-order valence-corrected chi connectivity index (χ3v) is 11.6. The Hall–Kier alpha value is -0.950. The predicted molar refractivity (Wildman–Crippen MR) is 116 cm³/mol. The van der Waals surface area contributed by atoms with Crippen LogP contribution in [0.25, 0.3) is 0 Å². The predicted octanol–water partition coefficient (Wildman–Crippen LogP) is 2.45.